The van der Waals surface area contributed by atoms with E-state index in [0.717, 1.165) is 48.6 Å². The third-order valence-electron chi connectivity index (χ3n) is 3.69. The van der Waals surface area contributed by atoms with Crippen molar-refractivity contribution in [1.82, 2.24) is 9.97 Å². The first-order chi connectivity index (χ1) is 10.1. The number of hydrogen-bond donors (Lipinski definition) is 2. The lowest BCUT2D eigenvalue weighted by Crippen LogP contribution is -2.35. The molecule has 6 heteroatoms. The lowest BCUT2D eigenvalue weighted by molar-refractivity contribution is 0.185. The Hall–Kier alpha value is -1.40. The average Bonchev–Trinajstić information content (AvgIpc) is 3.02. The van der Waals surface area contributed by atoms with Gasteiger partial charge in [-0.3, -0.25) is 0 Å². The van der Waals surface area contributed by atoms with Gasteiger partial charge in [-0.1, -0.05) is 6.92 Å². The highest BCUT2D eigenvalue weighted by Crippen LogP contribution is 2.32. The third-order valence-corrected chi connectivity index (χ3v) is 4.63. The summed E-state index contributed by atoms with van der Waals surface area (Å²) < 4.78 is 5.53. The van der Waals surface area contributed by atoms with Crippen LogP contribution in [-0.2, 0) is 4.74 Å². The first-order valence-electron chi connectivity index (χ1n) is 7.48. The second-order valence-electron chi connectivity index (χ2n) is 5.89. The van der Waals surface area contributed by atoms with Gasteiger partial charge in [0.25, 0.3) is 0 Å². The van der Waals surface area contributed by atoms with Gasteiger partial charge in [-0.2, -0.15) is 4.98 Å². The van der Waals surface area contributed by atoms with Gasteiger partial charge in [0.15, 0.2) is 0 Å². The fourth-order valence-electron chi connectivity index (χ4n) is 2.50. The molecule has 0 bridgehead atoms. The number of aryl methyl sites for hydroxylation is 1. The molecule has 0 spiro atoms. The maximum atomic E-state index is 5.53. The molecule has 0 aromatic carbocycles. The summed E-state index contributed by atoms with van der Waals surface area (Å²) in [6.07, 6.45) is 2.05. The van der Waals surface area contributed by atoms with Crippen LogP contribution in [0.3, 0.4) is 0 Å². The van der Waals surface area contributed by atoms with Gasteiger partial charge in [-0.05, 0) is 32.8 Å². The van der Waals surface area contributed by atoms with Crippen molar-refractivity contribution in [1.29, 1.82) is 0 Å². The molecule has 1 atom stereocenters. The molecule has 0 radical (unpaired) electrons. The Morgan fingerprint density at radius 1 is 1.43 bits per heavy atom. The van der Waals surface area contributed by atoms with Crippen molar-refractivity contribution in [2.45, 2.75) is 39.2 Å². The SMILES string of the molecule is CCCNc1nc(NC2(C)CCOC2)c2cc(C)sc2n1. The Morgan fingerprint density at radius 2 is 2.29 bits per heavy atom. The molecule has 21 heavy (non-hydrogen) atoms. The molecule has 3 heterocycles. The van der Waals surface area contributed by atoms with E-state index in [9.17, 15) is 0 Å². The predicted octanol–water partition coefficient (Wildman–Crippen LogP) is 3.41. The van der Waals surface area contributed by atoms with E-state index in [-0.39, 0.29) is 5.54 Å². The monoisotopic (exact) mass is 306 g/mol. The van der Waals surface area contributed by atoms with E-state index < -0.39 is 0 Å². The summed E-state index contributed by atoms with van der Waals surface area (Å²) in [5, 5.41) is 7.97. The van der Waals surface area contributed by atoms with Gasteiger partial charge in [0, 0.05) is 18.0 Å². The number of rotatable bonds is 5. The average molecular weight is 306 g/mol. The second kappa shape index (κ2) is 5.77. The normalized spacial score (nSPS) is 21.9. The van der Waals surface area contributed by atoms with E-state index in [4.69, 9.17) is 4.74 Å². The van der Waals surface area contributed by atoms with Gasteiger partial charge in [0.05, 0.1) is 17.5 Å². The zero-order valence-electron chi connectivity index (χ0n) is 12.8. The molecule has 1 aliphatic rings. The molecule has 1 unspecified atom stereocenters. The van der Waals surface area contributed by atoms with Crippen LogP contribution in [0.25, 0.3) is 10.2 Å². The van der Waals surface area contributed by atoms with Gasteiger partial charge < -0.3 is 15.4 Å². The highest BCUT2D eigenvalue weighted by atomic mass is 32.1. The second-order valence-corrected chi connectivity index (χ2v) is 7.12. The molecule has 2 aromatic heterocycles. The van der Waals surface area contributed by atoms with Crippen LogP contribution in [-0.4, -0.2) is 35.3 Å². The fraction of sp³-hybridized carbons (Fsp3) is 0.600. The van der Waals surface area contributed by atoms with Crippen molar-refractivity contribution in [2.24, 2.45) is 0 Å². The quantitative estimate of drug-likeness (QED) is 0.886. The minimum atomic E-state index is -0.0425. The molecule has 5 nitrogen and oxygen atoms in total. The molecule has 1 fully saturated rings. The largest absolute Gasteiger partial charge is 0.379 e. The highest BCUT2D eigenvalue weighted by molar-refractivity contribution is 7.18. The molecular weight excluding hydrogens is 284 g/mol. The summed E-state index contributed by atoms with van der Waals surface area (Å²) in [7, 11) is 0. The van der Waals surface area contributed by atoms with Crippen LogP contribution < -0.4 is 10.6 Å². The van der Waals surface area contributed by atoms with Crippen molar-refractivity contribution in [3.8, 4) is 0 Å². The molecule has 2 N–H and O–H groups in total. The number of thiophene rings is 1. The van der Waals surface area contributed by atoms with E-state index in [1.165, 1.54) is 4.88 Å². The van der Waals surface area contributed by atoms with Crippen molar-refractivity contribution in [2.75, 3.05) is 30.4 Å². The summed E-state index contributed by atoms with van der Waals surface area (Å²) in [5.74, 6) is 1.62. The lowest BCUT2D eigenvalue weighted by atomic mass is 10.0. The zero-order valence-corrected chi connectivity index (χ0v) is 13.6. The van der Waals surface area contributed by atoms with Gasteiger partial charge in [0.2, 0.25) is 5.95 Å². The molecule has 114 valence electrons. The first kappa shape index (κ1) is 14.5. The molecule has 0 aliphatic carbocycles. The number of ether oxygens (including phenoxy) is 1. The van der Waals surface area contributed by atoms with Crippen molar-refractivity contribution >= 4 is 33.3 Å². The Morgan fingerprint density at radius 3 is 3.00 bits per heavy atom. The van der Waals surface area contributed by atoms with Crippen LogP contribution in [0.15, 0.2) is 6.07 Å². The number of fused-ring (bicyclic) bond motifs is 1. The minimum absolute atomic E-state index is 0.0425. The lowest BCUT2D eigenvalue weighted by Gasteiger charge is -2.24. The Kier molecular flexibility index (Phi) is 3.99. The smallest absolute Gasteiger partial charge is 0.226 e. The van der Waals surface area contributed by atoms with Gasteiger partial charge in [-0.25, -0.2) is 4.98 Å². The summed E-state index contributed by atoms with van der Waals surface area (Å²) in [6, 6.07) is 2.16. The first-order valence-corrected chi connectivity index (χ1v) is 8.29. The minimum Gasteiger partial charge on any atom is -0.379 e. The van der Waals surface area contributed by atoms with E-state index in [2.05, 4.69) is 47.4 Å². The number of nitrogens with zero attached hydrogens (tertiary/aromatic N) is 2. The van der Waals surface area contributed by atoms with Crippen molar-refractivity contribution in [3.63, 3.8) is 0 Å². The molecular formula is C15H22N4OS. The molecule has 0 saturated carbocycles. The molecule has 0 amide bonds. The third kappa shape index (κ3) is 3.11. The van der Waals surface area contributed by atoms with Gasteiger partial charge in [0.1, 0.15) is 10.6 Å². The highest BCUT2D eigenvalue weighted by Gasteiger charge is 2.30. The Bertz CT molecular complexity index is 634. The van der Waals surface area contributed by atoms with Crippen molar-refractivity contribution < 1.29 is 4.74 Å². The van der Waals surface area contributed by atoms with E-state index in [1.807, 2.05) is 0 Å². The van der Waals surface area contributed by atoms with E-state index in [1.54, 1.807) is 11.3 Å². The van der Waals surface area contributed by atoms with Crippen LogP contribution in [0.1, 0.15) is 31.6 Å². The van der Waals surface area contributed by atoms with Crippen LogP contribution in [0.5, 0.6) is 0 Å². The number of hydrogen-bond acceptors (Lipinski definition) is 6. The molecule has 2 aromatic rings. The molecule has 3 rings (SSSR count). The summed E-state index contributed by atoms with van der Waals surface area (Å²) in [4.78, 5) is 11.6. The Labute approximate surface area is 129 Å². The van der Waals surface area contributed by atoms with E-state index in [0.29, 0.717) is 5.95 Å². The number of aromatic nitrogens is 2. The number of nitrogens with one attached hydrogen (secondary N) is 2. The molecule has 1 saturated heterocycles. The summed E-state index contributed by atoms with van der Waals surface area (Å²) >= 11 is 1.71. The molecule has 1 aliphatic heterocycles. The summed E-state index contributed by atoms with van der Waals surface area (Å²) in [5.41, 5.74) is -0.0425. The van der Waals surface area contributed by atoms with Gasteiger partial charge in [-0.15, -0.1) is 11.3 Å². The van der Waals surface area contributed by atoms with Crippen LogP contribution in [0.4, 0.5) is 11.8 Å². The van der Waals surface area contributed by atoms with E-state index >= 15 is 0 Å². The van der Waals surface area contributed by atoms with Gasteiger partial charge >= 0.3 is 0 Å². The maximum absolute atomic E-state index is 5.53. The predicted molar refractivity (Wildman–Crippen MR) is 88.4 cm³/mol. The van der Waals surface area contributed by atoms with Crippen LogP contribution >= 0.6 is 11.3 Å². The van der Waals surface area contributed by atoms with Crippen LogP contribution in [0, 0.1) is 6.92 Å². The van der Waals surface area contributed by atoms with Crippen molar-refractivity contribution in [3.05, 3.63) is 10.9 Å². The fourth-order valence-corrected chi connectivity index (χ4v) is 3.38. The topological polar surface area (TPSA) is 59.1 Å². The maximum Gasteiger partial charge on any atom is 0.226 e. The number of anilines is 2. The summed E-state index contributed by atoms with van der Waals surface area (Å²) in [6.45, 7) is 8.84. The Balaban J connectivity index is 1.97. The standard InChI is InChI=1S/C15H22N4OS/c1-4-6-16-14-17-12(19-15(3)5-7-20-9-15)11-8-10(2)21-13(11)18-14/h8H,4-7,9H2,1-3H3,(H2,16,17,18,19). The van der Waals surface area contributed by atoms with Crippen LogP contribution in [0.2, 0.25) is 0 Å². The zero-order chi connectivity index (χ0) is 14.9.